The first-order valence-corrected chi connectivity index (χ1v) is 8.05. The Hall–Kier alpha value is -1.35. The van der Waals surface area contributed by atoms with Crippen LogP contribution < -0.4 is 0 Å². The Morgan fingerprint density at radius 1 is 1.24 bits per heavy atom. The van der Waals surface area contributed by atoms with Gasteiger partial charge in [-0.05, 0) is 66.5 Å². The molecule has 0 bridgehead atoms. The lowest BCUT2D eigenvalue weighted by Gasteiger charge is -2.49. The normalized spacial score (nSPS) is 41.3. The molecule has 112 valence electrons. The fraction of sp³-hybridized carbons (Fsp3) is 0.611. The zero-order chi connectivity index (χ0) is 14.8. The SMILES string of the molecule is C[C@]12CC[C@@H]3c4ccc(O)cc4C(=O)C[C@H]3[C@@H]1CCC2O. The Morgan fingerprint density at radius 3 is 2.86 bits per heavy atom. The number of carbonyl (C=O) groups excluding carboxylic acids is 1. The van der Waals surface area contributed by atoms with E-state index < -0.39 is 0 Å². The molecule has 21 heavy (non-hydrogen) atoms. The van der Waals surface area contributed by atoms with Gasteiger partial charge in [0.15, 0.2) is 5.78 Å². The molecule has 2 N–H and O–H groups in total. The van der Waals surface area contributed by atoms with Gasteiger partial charge in [0, 0.05) is 12.0 Å². The zero-order valence-corrected chi connectivity index (χ0v) is 12.4. The summed E-state index contributed by atoms with van der Waals surface area (Å²) in [6.45, 7) is 2.21. The molecule has 0 amide bonds. The number of Topliss-reactive ketones (excluding diaryl/α,β-unsaturated/α-hetero) is 1. The number of phenols is 1. The smallest absolute Gasteiger partial charge is 0.163 e. The second kappa shape index (κ2) is 4.33. The average Bonchev–Trinajstić information content (AvgIpc) is 2.76. The lowest BCUT2D eigenvalue weighted by Crippen LogP contribution is -2.44. The van der Waals surface area contributed by atoms with Crippen molar-refractivity contribution in [3.8, 4) is 5.75 Å². The number of aliphatic hydroxyl groups excluding tert-OH is 1. The van der Waals surface area contributed by atoms with Crippen LogP contribution in [0.25, 0.3) is 0 Å². The molecule has 0 saturated heterocycles. The molecular weight excluding hydrogens is 264 g/mol. The standard InChI is InChI=1S/C18H22O3/c1-18-7-6-12-11-3-2-10(19)8-14(11)16(20)9-13(12)15(18)4-5-17(18)21/h2-3,8,12-13,15,17,19,21H,4-7,9H2,1H3/t12-,13-,15+,17?,18+/m1/s1. The highest BCUT2D eigenvalue weighted by Crippen LogP contribution is 2.60. The van der Waals surface area contributed by atoms with Gasteiger partial charge in [-0.3, -0.25) is 4.79 Å². The molecule has 0 aromatic heterocycles. The maximum Gasteiger partial charge on any atom is 0.163 e. The molecule has 2 saturated carbocycles. The van der Waals surface area contributed by atoms with E-state index in [4.69, 9.17) is 0 Å². The first-order valence-electron chi connectivity index (χ1n) is 8.05. The summed E-state index contributed by atoms with van der Waals surface area (Å²) >= 11 is 0. The number of aromatic hydroxyl groups is 1. The lowest BCUT2D eigenvalue weighted by molar-refractivity contribution is -0.0208. The average molecular weight is 286 g/mol. The summed E-state index contributed by atoms with van der Waals surface area (Å²) in [5.41, 5.74) is 1.84. The van der Waals surface area contributed by atoms with E-state index >= 15 is 0 Å². The van der Waals surface area contributed by atoms with Crippen LogP contribution >= 0.6 is 0 Å². The van der Waals surface area contributed by atoms with Crippen molar-refractivity contribution in [3.05, 3.63) is 29.3 Å². The predicted octanol–water partition coefficient (Wildman–Crippen LogP) is 3.25. The summed E-state index contributed by atoms with van der Waals surface area (Å²) in [6.07, 6.45) is 4.36. The highest BCUT2D eigenvalue weighted by atomic mass is 16.3. The van der Waals surface area contributed by atoms with Gasteiger partial charge in [-0.15, -0.1) is 0 Å². The summed E-state index contributed by atoms with van der Waals surface area (Å²) < 4.78 is 0. The van der Waals surface area contributed by atoms with Crippen molar-refractivity contribution in [2.24, 2.45) is 17.3 Å². The van der Waals surface area contributed by atoms with Gasteiger partial charge in [0.25, 0.3) is 0 Å². The Morgan fingerprint density at radius 2 is 2.05 bits per heavy atom. The van der Waals surface area contributed by atoms with Crippen LogP contribution in [0.2, 0.25) is 0 Å². The molecule has 3 nitrogen and oxygen atoms in total. The molecule has 3 heteroatoms. The van der Waals surface area contributed by atoms with Crippen LogP contribution in [0.5, 0.6) is 5.75 Å². The molecule has 1 aromatic carbocycles. The molecule has 0 spiro atoms. The second-order valence-corrected chi connectivity index (χ2v) is 7.41. The number of carbonyl (C=O) groups is 1. The molecule has 0 heterocycles. The quantitative estimate of drug-likeness (QED) is 0.769. The monoisotopic (exact) mass is 286 g/mol. The lowest BCUT2D eigenvalue weighted by atomic mass is 9.55. The second-order valence-electron chi connectivity index (χ2n) is 7.41. The zero-order valence-electron chi connectivity index (χ0n) is 12.4. The van der Waals surface area contributed by atoms with Gasteiger partial charge in [0.05, 0.1) is 6.10 Å². The van der Waals surface area contributed by atoms with Crippen LogP contribution in [-0.4, -0.2) is 22.1 Å². The van der Waals surface area contributed by atoms with E-state index in [1.807, 2.05) is 6.07 Å². The van der Waals surface area contributed by atoms with Crippen molar-refractivity contribution in [1.29, 1.82) is 0 Å². The highest BCUT2D eigenvalue weighted by Gasteiger charge is 2.55. The number of ketones is 1. The van der Waals surface area contributed by atoms with E-state index in [9.17, 15) is 15.0 Å². The van der Waals surface area contributed by atoms with Gasteiger partial charge < -0.3 is 10.2 Å². The van der Waals surface area contributed by atoms with Gasteiger partial charge in [0.2, 0.25) is 0 Å². The molecule has 5 atom stereocenters. The number of aliphatic hydroxyl groups is 1. The molecule has 3 aliphatic rings. The van der Waals surface area contributed by atoms with Crippen molar-refractivity contribution in [2.45, 2.75) is 51.0 Å². The maximum atomic E-state index is 12.5. The largest absolute Gasteiger partial charge is 0.508 e. The minimum absolute atomic E-state index is 0.00410. The molecule has 1 aromatic rings. The summed E-state index contributed by atoms with van der Waals surface area (Å²) in [6, 6.07) is 5.27. The topological polar surface area (TPSA) is 57.5 Å². The van der Waals surface area contributed by atoms with Crippen LogP contribution in [0, 0.1) is 17.3 Å². The van der Waals surface area contributed by atoms with Gasteiger partial charge in [-0.25, -0.2) is 0 Å². The highest BCUT2D eigenvalue weighted by molar-refractivity contribution is 5.99. The predicted molar refractivity (Wildman–Crippen MR) is 79.4 cm³/mol. The van der Waals surface area contributed by atoms with Crippen molar-refractivity contribution in [3.63, 3.8) is 0 Å². The van der Waals surface area contributed by atoms with Crippen molar-refractivity contribution >= 4 is 5.78 Å². The fourth-order valence-electron chi connectivity index (χ4n) is 5.36. The Bertz CT molecular complexity index is 608. The molecular formula is C18H22O3. The van der Waals surface area contributed by atoms with Gasteiger partial charge in [-0.1, -0.05) is 13.0 Å². The van der Waals surface area contributed by atoms with Crippen LogP contribution in [0.15, 0.2) is 18.2 Å². The summed E-state index contributed by atoms with van der Waals surface area (Å²) in [5.74, 6) is 1.58. The fourth-order valence-corrected chi connectivity index (χ4v) is 5.36. The molecule has 0 aliphatic heterocycles. The third-order valence-corrected chi connectivity index (χ3v) is 6.54. The van der Waals surface area contributed by atoms with E-state index in [0.717, 1.165) is 36.8 Å². The van der Waals surface area contributed by atoms with E-state index in [0.29, 0.717) is 24.2 Å². The maximum absolute atomic E-state index is 12.5. The minimum atomic E-state index is -0.209. The Balaban J connectivity index is 1.77. The number of hydrogen-bond acceptors (Lipinski definition) is 3. The first-order chi connectivity index (χ1) is 10.0. The van der Waals surface area contributed by atoms with Gasteiger partial charge >= 0.3 is 0 Å². The molecule has 3 aliphatic carbocycles. The summed E-state index contributed by atoms with van der Waals surface area (Å²) in [7, 11) is 0. The Labute approximate surface area is 125 Å². The summed E-state index contributed by atoms with van der Waals surface area (Å²) in [4.78, 5) is 12.5. The van der Waals surface area contributed by atoms with Crippen molar-refractivity contribution < 1.29 is 15.0 Å². The summed E-state index contributed by atoms with van der Waals surface area (Å²) in [5, 5.41) is 20.0. The molecule has 1 unspecified atom stereocenters. The van der Waals surface area contributed by atoms with E-state index in [1.165, 1.54) is 0 Å². The van der Waals surface area contributed by atoms with E-state index in [1.54, 1.807) is 12.1 Å². The number of hydrogen-bond donors (Lipinski definition) is 2. The van der Waals surface area contributed by atoms with Crippen LogP contribution in [-0.2, 0) is 0 Å². The van der Waals surface area contributed by atoms with Crippen LogP contribution in [0.4, 0.5) is 0 Å². The van der Waals surface area contributed by atoms with Crippen LogP contribution in [0.1, 0.15) is 60.9 Å². The molecule has 4 rings (SSSR count). The van der Waals surface area contributed by atoms with Crippen molar-refractivity contribution in [2.75, 3.05) is 0 Å². The first kappa shape index (κ1) is 13.3. The number of phenolic OH excluding ortho intramolecular Hbond substituents is 1. The van der Waals surface area contributed by atoms with Crippen LogP contribution in [0.3, 0.4) is 0 Å². The molecule has 2 fully saturated rings. The minimum Gasteiger partial charge on any atom is -0.508 e. The number of benzene rings is 1. The Kier molecular flexibility index (Phi) is 2.74. The van der Waals surface area contributed by atoms with Crippen molar-refractivity contribution in [1.82, 2.24) is 0 Å². The van der Waals surface area contributed by atoms with Gasteiger partial charge in [-0.2, -0.15) is 0 Å². The van der Waals surface area contributed by atoms with E-state index in [-0.39, 0.29) is 23.1 Å². The number of rotatable bonds is 0. The third kappa shape index (κ3) is 1.73. The van der Waals surface area contributed by atoms with Gasteiger partial charge in [0.1, 0.15) is 5.75 Å². The molecule has 0 radical (unpaired) electrons. The third-order valence-electron chi connectivity index (χ3n) is 6.54. The number of fused-ring (bicyclic) bond motifs is 5. The van der Waals surface area contributed by atoms with E-state index in [2.05, 4.69) is 6.92 Å².